The Morgan fingerprint density at radius 2 is 2.17 bits per heavy atom. The zero-order valence-electron chi connectivity index (χ0n) is 11.5. The third kappa shape index (κ3) is 1.22. The largest absolute Gasteiger partial charge is 0.369 e. The monoisotopic (exact) mass is 242 g/mol. The van der Waals surface area contributed by atoms with E-state index in [4.69, 9.17) is 0 Å². The van der Waals surface area contributed by atoms with Crippen LogP contribution in [0.2, 0.25) is 0 Å². The highest BCUT2D eigenvalue weighted by Crippen LogP contribution is 2.57. The molecule has 0 spiro atoms. The first kappa shape index (κ1) is 11.8. The van der Waals surface area contributed by atoms with Crippen LogP contribution in [0, 0.1) is 5.41 Å². The van der Waals surface area contributed by atoms with E-state index in [9.17, 15) is 0 Å². The van der Waals surface area contributed by atoms with Gasteiger partial charge in [-0.2, -0.15) is 0 Å². The summed E-state index contributed by atoms with van der Waals surface area (Å²) in [6.07, 6.45) is 3.71. The Bertz CT molecular complexity index is 492. The van der Waals surface area contributed by atoms with Gasteiger partial charge in [0.1, 0.15) is 0 Å². The summed E-state index contributed by atoms with van der Waals surface area (Å²) in [6, 6.07) is 8.75. The molecule has 0 saturated carbocycles. The van der Waals surface area contributed by atoms with E-state index in [1.807, 2.05) is 0 Å². The van der Waals surface area contributed by atoms with E-state index in [1.54, 1.807) is 0 Å². The molecule has 0 bridgehead atoms. The summed E-state index contributed by atoms with van der Waals surface area (Å²) in [7, 11) is 2.21. The second kappa shape index (κ2) is 3.61. The number of rotatable bonds is 2. The number of hydrogen-bond acceptors (Lipinski definition) is 2. The molecule has 2 aliphatic rings. The van der Waals surface area contributed by atoms with Gasteiger partial charge in [0, 0.05) is 17.6 Å². The van der Waals surface area contributed by atoms with Gasteiger partial charge in [-0.05, 0) is 30.5 Å². The smallest absolute Gasteiger partial charge is 0.0899 e. The fourth-order valence-electron chi connectivity index (χ4n) is 3.86. The van der Waals surface area contributed by atoms with E-state index in [1.165, 1.54) is 17.7 Å². The van der Waals surface area contributed by atoms with Crippen LogP contribution in [-0.2, 0) is 5.41 Å². The average molecular weight is 242 g/mol. The van der Waals surface area contributed by atoms with Crippen molar-refractivity contribution in [1.29, 1.82) is 0 Å². The lowest BCUT2D eigenvalue weighted by atomic mass is 9.61. The van der Waals surface area contributed by atoms with Crippen LogP contribution in [0.5, 0.6) is 0 Å². The van der Waals surface area contributed by atoms with E-state index in [-0.39, 0.29) is 10.8 Å². The Labute approximate surface area is 110 Å². The molecule has 1 N–H and O–H groups in total. The molecule has 1 fully saturated rings. The van der Waals surface area contributed by atoms with Crippen molar-refractivity contribution in [2.24, 2.45) is 5.41 Å². The molecular formula is C16H22N2. The lowest BCUT2D eigenvalue weighted by molar-refractivity contribution is 0.178. The predicted octanol–water partition coefficient (Wildman–Crippen LogP) is 3.22. The molecule has 3 rings (SSSR count). The summed E-state index contributed by atoms with van der Waals surface area (Å²) in [5, 5.41) is 3.71. The lowest BCUT2D eigenvalue weighted by Gasteiger charge is -2.43. The maximum Gasteiger partial charge on any atom is 0.0899 e. The Hall–Kier alpha value is -1.28. The summed E-state index contributed by atoms with van der Waals surface area (Å²) < 4.78 is 0. The molecule has 2 aliphatic heterocycles. The molecule has 0 aliphatic carbocycles. The summed E-state index contributed by atoms with van der Waals surface area (Å²) >= 11 is 0. The second-order valence-electron chi connectivity index (χ2n) is 6.22. The Kier molecular flexibility index (Phi) is 2.36. The topological polar surface area (TPSA) is 15.3 Å². The SMILES string of the molecule is C=CC(C)(C)[C@@]12CCN(C)[C@@H]1Nc1ccccc12. The molecule has 2 nitrogen and oxygen atoms in total. The van der Waals surface area contributed by atoms with Crippen molar-refractivity contribution in [3.05, 3.63) is 42.5 Å². The minimum absolute atomic E-state index is 0.0853. The molecule has 0 aromatic heterocycles. The summed E-state index contributed by atoms with van der Waals surface area (Å²) in [5.41, 5.74) is 3.00. The van der Waals surface area contributed by atoms with E-state index in [0.717, 1.165) is 6.54 Å². The average Bonchev–Trinajstić information content (AvgIpc) is 2.87. The highest BCUT2D eigenvalue weighted by atomic mass is 15.3. The summed E-state index contributed by atoms with van der Waals surface area (Å²) in [5.74, 6) is 0. The molecule has 96 valence electrons. The molecule has 18 heavy (non-hydrogen) atoms. The van der Waals surface area contributed by atoms with Gasteiger partial charge >= 0.3 is 0 Å². The summed E-state index contributed by atoms with van der Waals surface area (Å²) in [4.78, 5) is 2.44. The van der Waals surface area contributed by atoms with Crippen molar-refractivity contribution < 1.29 is 0 Å². The number of benzene rings is 1. The van der Waals surface area contributed by atoms with Crippen molar-refractivity contribution in [1.82, 2.24) is 4.90 Å². The van der Waals surface area contributed by atoms with Gasteiger partial charge in [0.15, 0.2) is 0 Å². The zero-order chi connectivity index (χ0) is 13.0. The van der Waals surface area contributed by atoms with Crippen LogP contribution in [-0.4, -0.2) is 24.7 Å². The van der Waals surface area contributed by atoms with Crippen LogP contribution in [0.3, 0.4) is 0 Å². The number of likely N-dealkylation sites (tertiary alicyclic amines) is 1. The summed E-state index contributed by atoms with van der Waals surface area (Å²) in [6.45, 7) is 9.86. The van der Waals surface area contributed by atoms with Crippen LogP contribution in [0.25, 0.3) is 0 Å². The highest BCUT2D eigenvalue weighted by molar-refractivity contribution is 5.64. The molecule has 2 heteroatoms. The van der Waals surface area contributed by atoms with Crippen LogP contribution >= 0.6 is 0 Å². The molecule has 1 aromatic rings. The number of nitrogens with one attached hydrogen (secondary N) is 1. The third-order valence-electron chi connectivity index (χ3n) is 5.13. The van der Waals surface area contributed by atoms with E-state index >= 15 is 0 Å². The molecular weight excluding hydrogens is 220 g/mol. The maximum absolute atomic E-state index is 4.08. The lowest BCUT2D eigenvalue weighted by Crippen LogP contribution is -2.49. The van der Waals surface area contributed by atoms with Crippen molar-refractivity contribution in [2.45, 2.75) is 31.8 Å². The molecule has 2 heterocycles. The van der Waals surface area contributed by atoms with Gasteiger partial charge in [-0.15, -0.1) is 6.58 Å². The Morgan fingerprint density at radius 1 is 1.44 bits per heavy atom. The molecule has 1 saturated heterocycles. The minimum atomic E-state index is 0.0853. The van der Waals surface area contributed by atoms with Crippen molar-refractivity contribution >= 4 is 5.69 Å². The zero-order valence-corrected chi connectivity index (χ0v) is 11.5. The molecule has 2 atom stereocenters. The van der Waals surface area contributed by atoms with Gasteiger partial charge in [-0.3, -0.25) is 4.90 Å². The standard InChI is InChI=1S/C16H22N2/c1-5-15(2,3)16-10-11-18(4)14(16)17-13-9-7-6-8-12(13)16/h5-9,14,17H,1,10-11H2,2-4H3/t14-,16+/m0/s1. The fraction of sp³-hybridized carbons (Fsp3) is 0.500. The highest BCUT2D eigenvalue weighted by Gasteiger charge is 2.59. The second-order valence-corrected chi connectivity index (χ2v) is 6.22. The number of anilines is 1. The van der Waals surface area contributed by atoms with Gasteiger partial charge in [-0.25, -0.2) is 0 Å². The maximum atomic E-state index is 4.08. The molecule has 0 amide bonds. The van der Waals surface area contributed by atoms with Crippen LogP contribution in [0.1, 0.15) is 25.8 Å². The predicted molar refractivity (Wildman–Crippen MR) is 76.8 cm³/mol. The first-order chi connectivity index (χ1) is 8.53. The van der Waals surface area contributed by atoms with Gasteiger partial charge in [0.2, 0.25) is 0 Å². The van der Waals surface area contributed by atoms with E-state index in [0.29, 0.717) is 6.17 Å². The number of likely N-dealkylation sites (N-methyl/N-ethyl adjacent to an activating group) is 1. The third-order valence-corrected chi connectivity index (χ3v) is 5.13. The number of nitrogens with zero attached hydrogens (tertiary/aromatic N) is 1. The molecule has 0 unspecified atom stereocenters. The number of para-hydroxylation sites is 1. The van der Waals surface area contributed by atoms with E-state index < -0.39 is 0 Å². The van der Waals surface area contributed by atoms with Crippen molar-refractivity contribution in [3.63, 3.8) is 0 Å². The number of fused-ring (bicyclic) bond motifs is 3. The Balaban J connectivity index is 2.23. The molecule has 0 radical (unpaired) electrons. The van der Waals surface area contributed by atoms with Crippen LogP contribution in [0.4, 0.5) is 5.69 Å². The van der Waals surface area contributed by atoms with E-state index in [2.05, 4.69) is 68.0 Å². The quantitative estimate of drug-likeness (QED) is 0.801. The van der Waals surface area contributed by atoms with Crippen LogP contribution < -0.4 is 5.32 Å². The van der Waals surface area contributed by atoms with Gasteiger partial charge in [-0.1, -0.05) is 38.1 Å². The van der Waals surface area contributed by atoms with Gasteiger partial charge in [0.05, 0.1) is 6.17 Å². The first-order valence-electron chi connectivity index (χ1n) is 6.73. The van der Waals surface area contributed by atoms with Crippen molar-refractivity contribution in [3.8, 4) is 0 Å². The number of allylic oxidation sites excluding steroid dienone is 1. The first-order valence-corrected chi connectivity index (χ1v) is 6.73. The molecule has 1 aromatic carbocycles. The minimum Gasteiger partial charge on any atom is -0.369 e. The number of hydrogen-bond donors (Lipinski definition) is 1. The fourth-order valence-corrected chi connectivity index (χ4v) is 3.86. The van der Waals surface area contributed by atoms with Gasteiger partial charge in [0.25, 0.3) is 0 Å². The van der Waals surface area contributed by atoms with Crippen molar-refractivity contribution in [2.75, 3.05) is 18.9 Å². The van der Waals surface area contributed by atoms with Gasteiger partial charge < -0.3 is 5.32 Å². The normalized spacial score (nSPS) is 30.7. The Morgan fingerprint density at radius 3 is 2.89 bits per heavy atom. The van der Waals surface area contributed by atoms with Crippen LogP contribution in [0.15, 0.2) is 36.9 Å².